The molecule has 1 spiro atoms. The maximum absolute atomic E-state index is 13.3. The first kappa shape index (κ1) is 25.9. The molecule has 0 bridgehead atoms. The molecule has 2 N–H and O–H groups in total. The van der Waals surface area contributed by atoms with E-state index < -0.39 is 11.6 Å². The van der Waals surface area contributed by atoms with E-state index in [2.05, 4.69) is 10.6 Å². The lowest BCUT2D eigenvalue weighted by atomic mass is 9.78. The van der Waals surface area contributed by atoms with Crippen molar-refractivity contribution in [3.63, 3.8) is 0 Å². The van der Waals surface area contributed by atoms with Gasteiger partial charge in [0.1, 0.15) is 6.04 Å². The largest absolute Gasteiger partial charge is 0.373 e. The van der Waals surface area contributed by atoms with Gasteiger partial charge in [0.25, 0.3) is 0 Å². The van der Waals surface area contributed by atoms with Crippen LogP contribution in [0.15, 0.2) is 42.5 Å². The van der Waals surface area contributed by atoms with Crippen molar-refractivity contribution < 1.29 is 19.1 Å². The second-order valence-corrected chi connectivity index (χ2v) is 11.1. The lowest BCUT2D eigenvalue weighted by Gasteiger charge is -2.39. The van der Waals surface area contributed by atoms with Crippen LogP contribution in [-0.4, -0.2) is 72.1 Å². The van der Waals surface area contributed by atoms with Gasteiger partial charge < -0.3 is 25.2 Å². The van der Waals surface area contributed by atoms with Crippen molar-refractivity contribution in [1.29, 1.82) is 0 Å². The molecule has 1 atom stereocenters. The quantitative estimate of drug-likeness (QED) is 0.657. The third kappa shape index (κ3) is 6.16. The van der Waals surface area contributed by atoms with Gasteiger partial charge in [0.05, 0.1) is 17.9 Å². The number of ether oxygens (including phenoxy) is 1. The summed E-state index contributed by atoms with van der Waals surface area (Å²) >= 11 is 0. The monoisotopic (exact) mass is 494 g/mol. The second kappa shape index (κ2) is 10.5. The predicted molar refractivity (Wildman–Crippen MR) is 141 cm³/mol. The van der Waals surface area contributed by atoms with E-state index in [1.165, 1.54) is 6.92 Å². The van der Waals surface area contributed by atoms with Gasteiger partial charge in [-0.2, -0.15) is 0 Å². The molecule has 36 heavy (non-hydrogen) atoms. The van der Waals surface area contributed by atoms with Crippen LogP contribution >= 0.6 is 0 Å². The van der Waals surface area contributed by atoms with Gasteiger partial charge in [-0.15, -0.1) is 0 Å². The zero-order chi connectivity index (χ0) is 25.9. The van der Waals surface area contributed by atoms with Crippen molar-refractivity contribution in [1.82, 2.24) is 15.1 Å². The summed E-state index contributed by atoms with van der Waals surface area (Å²) in [5.74, 6) is -0.340. The highest BCUT2D eigenvalue weighted by Gasteiger charge is 2.44. The Balaban J connectivity index is 1.33. The average Bonchev–Trinajstić information content (AvgIpc) is 3.24. The van der Waals surface area contributed by atoms with Crippen molar-refractivity contribution in [3.05, 3.63) is 42.5 Å². The minimum Gasteiger partial charge on any atom is -0.373 e. The summed E-state index contributed by atoms with van der Waals surface area (Å²) < 4.78 is 5.81. The SMILES string of the molecule is CC(=O)N[C@@H](COC(C)(C)C)C(=O)N1CCC2(CCN(C(=O)Nc3cccc4ccccc34)CC2)C1. The number of fused-ring (bicyclic) bond motifs is 1. The Hall–Kier alpha value is -3.13. The van der Waals surface area contributed by atoms with Crippen LogP contribution in [0.4, 0.5) is 10.5 Å². The number of nitrogens with zero attached hydrogens (tertiary/aromatic N) is 2. The maximum Gasteiger partial charge on any atom is 0.321 e. The van der Waals surface area contributed by atoms with Gasteiger partial charge in [-0.05, 0) is 56.9 Å². The highest BCUT2D eigenvalue weighted by Crippen LogP contribution is 2.40. The molecular weight excluding hydrogens is 456 g/mol. The molecule has 2 aromatic carbocycles. The number of carbonyl (C=O) groups excluding carboxylic acids is 3. The fourth-order valence-electron chi connectivity index (χ4n) is 5.22. The van der Waals surface area contributed by atoms with E-state index in [1.54, 1.807) is 0 Å². The van der Waals surface area contributed by atoms with E-state index in [0.29, 0.717) is 26.2 Å². The van der Waals surface area contributed by atoms with Crippen molar-refractivity contribution in [2.45, 2.75) is 58.6 Å². The number of carbonyl (C=O) groups is 3. The third-order valence-corrected chi connectivity index (χ3v) is 7.25. The van der Waals surface area contributed by atoms with Crippen LogP contribution in [0.5, 0.6) is 0 Å². The third-order valence-electron chi connectivity index (χ3n) is 7.25. The first-order chi connectivity index (χ1) is 17.1. The van der Waals surface area contributed by atoms with Crippen LogP contribution in [0.2, 0.25) is 0 Å². The Morgan fingerprint density at radius 2 is 1.61 bits per heavy atom. The van der Waals surface area contributed by atoms with Crippen LogP contribution in [0.3, 0.4) is 0 Å². The number of likely N-dealkylation sites (tertiary alicyclic amines) is 2. The number of hydrogen-bond acceptors (Lipinski definition) is 4. The predicted octanol–water partition coefficient (Wildman–Crippen LogP) is 4.01. The standard InChI is InChI=1S/C28H38N4O4/c1-20(33)29-24(18-36-27(2,3)4)25(34)32-17-14-28(19-32)12-15-31(16-13-28)26(35)30-23-11-7-9-21-8-5-6-10-22(21)23/h5-11,24H,12-19H2,1-4H3,(H,29,33)(H,30,35)/t24-/m0/s1. The molecule has 194 valence electrons. The summed E-state index contributed by atoms with van der Waals surface area (Å²) in [5.41, 5.74) is 0.428. The Bertz CT molecular complexity index is 1110. The second-order valence-electron chi connectivity index (χ2n) is 11.1. The molecule has 0 aromatic heterocycles. The summed E-state index contributed by atoms with van der Waals surface area (Å²) in [4.78, 5) is 41.7. The molecule has 2 saturated heterocycles. The Morgan fingerprint density at radius 3 is 2.28 bits per heavy atom. The van der Waals surface area contributed by atoms with Crippen molar-refractivity contribution >= 4 is 34.3 Å². The first-order valence-corrected chi connectivity index (χ1v) is 12.8. The van der Waals surface area contributed by atoms with Gasteiger partial charge >= 0.3 is 6.03 Å². The van der Waals surface area contributed by atoms with E-state index in [0.717, 1.165) is 35.7 Å². The minimum absolute atomic E-state index is 0.0115. The number of hydrogen-bond donors (Lipinski definition) is 2. The van der Waals surface area contributed by atoms with Gasteiger partial charge in [0, 0.05) is 38.5 Å². The lowest BCUT2D eigenvalue weighted by molar-refractivity contribution is -0.139. The van der Waals surface area contributed by atoms with E-state index >= 15 is 0 Å². The summed E-state index contributed by atoms with van der Waals surface area (Å²) in [5, 5.41) is 7.97. The molecule has 2 aromatic rings. The number of benzene rings is 2. The fourth-order valence-corrected chi connectivity index (χ4v) is 5.22. The van der Waals surface area contributed by atoms with Gasteiger partial charge in [0.15, 0.2) is 0 Å². The van der Waals surface area contributed by atoms with Crippen LogP contribution < -0.4 is 10.6 Å². The zero-order valence-electron chi connectivity index (χ0n) is 21.8. The molecule has 2 fully saturated rings. The highest BCUT2D eigenvalue weighted by molar-refractivity contribution is 6.01. The number of nitrogens with one attached hydrogen (secondary N) is 2. The number of piperidine rings is 1. The molecule has 0 aliphatic carbocycles. The molecule has 4 rings (SSSR count). The molecule has 2 aliphatic rings. The van der Waals surface area contributed by atoms with Gasteiger partial charge in [-0.3, -0.25) is 9.59 Å². The Kier molecular flexibility index (Phi) is 7.54. The molecule has 0 unspecified atom stereocenters. The molecule has 0 saturated carbocycles. The Morgan fingerprint density at radius 1 is 0.972 bits per heavy atom. The van der Waals surface area contributed by atoms with E-state index in [-0.39, 0.29) is 29.9 Å². The van der Waals surface area contributed by atoms with Crippen molar-refractivity contribution in [2.24, 2.45) is 5.41 Å². The fraction of sp³-hybridized carbons (Fsp3) is 0.536. The van der Waals surface area contributed by atoms with Gasteiger partial charge in [-0.1, -0.05) is 36.4 Å². The van der Waals surface area contributed by atoms with Crippen molar-refractivity contribution in [2.75, 3.05) is 38.1 Å². The van der Waals surface area contributed by atoms with E-state index in [1.807, 2.05) is 73.0 Å². The number of anilines is 1. The summed E-state index contributed by atoms with van der Waals surface area (Å²) in [6.45, 7) is 9.96. The van der Waals surface area contributed by atoms with Crippen LogP contribution in [-0.2, 0) is 14.3 Å². The minimum atomic E-state index is -0.691. The van der Waals surface area contributed by atoms with E-state index in [9.17, 15) is 14.4 Å². The first-order valence-electron chi connectivity index (χ1n) is 12.8. The summed E-state index contributed by atoms with van der Waals surface area (Å²) in [7, 11) is 0. The Labute approximate surface area is 213 Å². The molecule has 2 heterocycles. The zero-order valence-corrected chi connectivity index (χ0v) is 21.8. The number of urea groups is 1. The maximum atomic E-state index is 13.3. The molecule has 2 aliphatic heterocycles. The topological polar surface area (TPSA) is 91.0 Å². The van der Waals surface area contributed by atoms with Crippen molar-refractivity contribution in [3.8, 4) is 0 Å². The molecule has 8 heteroatoms. The molecule has 0 radical (unpaired) electrons. The van der Waals surface area contributed by atoms with Gasteiger partial charge in [0.2, 0.25) is 11.8 Å². The van der Waals surface area contributed by atoms with Crippen LogP contribution in [0, 0.1) is 5.41 Å². The van der Waals surface area contributed by atoms with Crippen LogP contribution in [0.1, 0.15) is 47.0 Å². The van der Waals surface area contributed by atoms with E-state index in [4.69, 9.17) is 4.74 Å². The summed E-state index contributed by atoms with van der Waals surface area (Å²) in [6, 6.07) is 13.2. The molecule has 4 amide bonds. The van der Waals surface area contributed by atoms with Crippen LogP contribution in [0.25, 0.3) is 10.8 Å². The summed E-state index contributed by atoms with van der Waals surface area (Å²) in [6.07, 6.45) is 2.61. The normalized spacial score (nSPS) is 18.3. The number of amides is 4. The number of rotatable bonds is 5. The smallest absolute Gasteiger partial charge is 0.321 e. The molecular formula is C28H38N4O4. The average molecular weight is 495 g/mol. The lowest BCUT2D eigenvalue weighted by Crippen LogP contribution is -2.52. The molecule has 8 nitrogen and oxygen atoms in total. The highest BCUT2D eigenvalue weighted by atomic mass is 16.5. The van der Waals surface area contributed by atoms with Gasteiger partial charge in [-0.25, -0.2) is 4.79 Å².